The lowest BCUT2D eigenvalue weighted by Crippen LogP contribution is -1.78. The van der Waals surface area contributed by atoms with Crippen molar-refractivity contribution in [2.45, 2.75) is 61.8 Å². The molecule has 0 bridgehead atoms. The molecule has 25 heavy (non-hydrogen) atoms. The van der Waals surface area contributed by atoms with Gasteiger partial charge in [0.1, 0.15) is 11.5 Å². The van der Waals surface area contributed by atoms with Crippen LogP contribution in [0.25, 0.3) is 0 Å². The maximum atomic E-state index is 8.85. The van der Waals surface area contributed by atoms with Gasteiger partial charge in [0.2, 0.25) is 0 Å². The van der Waals surface area contributed by atoms with Crippen molar-refractivity contribution in [2.75, 3.05) is 7.11 Å². The third-order valence-corrected chi connectivity index (χ3v) is 2.32. The molecule has 0 saturated carbocycles. The standard InChI is InChI=1S/C8H10O.C7H8O.C4H10.2C2H6/c1-2-7-3-5-8(9)6-4-7;1-8-7-5-3-2-4-6-7;1-4(2)3;2*1-2/h3-6,9H,2H2,1H3;2-6H,1H3;4H,1-3H3;2*1-2H3. The van der Waals surface area contributed by atoms with Gasteiger partial charge in [0.25, 0.3) is 0 Å². The first kappa shape index (κ1) is 27.9. The van der Waals surface area contributed by atoms with Crippen LogP contribution in [0.1, 0.15) is 61.0 Å². The molecule has 0 fully saturated rings. The summed E-state index contributed by atoms with van der Waals surface area (Å²) in [6.07, 6.45) is 1.03. The monoisotopic (exact) mass is 348 g/mol. The van der Waals surface area contributed by atoms with Crippen molar-refractivity contribution in [2.24, 2.45) is 5.92 Å². The fourth-order valence-corrected chi connectivity index (χ4v) is 1.29. The van der Waals surface area contributed by atoms with E-state index >= 15 is 0 Å². The van der Waals surface area contributed by atoms with Gasteiger partial charge < -0.3 is 9.84 Å². The van der Waals surface area contributed by atoms with Crippen LogP contribution in [0.4, 0.5) is 0 Å². The number of aromatic hydroxyl groups is 1. The molecule has 2 nitrogen and oxygen atoms in total. The molecule has 0 atom stereocenters. The highest BCUT2D eigenvalue weighted by Crippen LogP contribution is 2.09. The molecule has 0 amide bonds. The Morgan fingerprint density at radius 2 is 1.20 bits per heavy atom. The van der Waals surface area contributed by atoms with Gasteiger partial charge in [0, 0.05) is 0 Å². The first-order valence-electron chi connectivity index (χ1n) is 9.36. The van der Waals surface area contributed by atoms with E-state index in [4.69, 9.17) is 9.84 Å². The van der Waals surface area contributed by atoms with Gasteiger partial charge in [-0.2, -0.15) is 0 Å². The van der Waals surface area contributed by atoms with Gasteiger partial charge in [0.15, 0.2) is 0 Å². The van der Waals surface area contributed by atoms with Crippen LogP contribution < -0.4 is 4.74 Å². The van der Waals surface area contributed by atoms with E-state index in [2.05, 4.69) is 27.7 Å². The minimum absolute atomic E-state index is 0.340. The summed E-state index contributed by atoms with van der Waals surface area (Å²) in [6.45, 7) is 16.6. The number of hydrogen-bond acceptors (Lipinski definition) is 2. The highest BCUT2D eigenvalue weighted by atomic mass is 16.5. The average Bonchev–Trinajstić information content (AvgIpc) is 2.66. The quantitative estimate of drug-likeness (QED) is 0.614. The summed E-state index contributed by atoms with van der Waals surface area (Å²) < 4.78 is 4.91. The van der Waals surface area contributed by atoms with Gasteiger partial charge in [-0.15, -0.1) is 0 Å². The van der Waals surface area contributed by atoms with Gasteiger partial charge >= 0.3 is 0 Å². The van der Waals surface area contributed by atoms with E-state index < -0.39 is 0 Å². The Bertz CT molecular complexity index is 445. The van der Waals surface area contributed by atoms with Crippen molar-refractivity contribution >= 4 is 0 Å². The predicted octanol–water partition coefficient (Wildman–Crippen LogP) is 7.36. The molecular weight excluding hydrogens is 308 g/mol. The van der Waals surface area contributed by atoms with Crippen LogP contribution in [-0.4, -0.2) is 12.2 Å². The molecule has 0 aromatic heterocycles. The largest absolute Gasteiger partial charge is 0.508 e. The Labute approximate surface area is 156 Å². The number of benzene rings is 2. The van der Waals surface area contributed by atoms with Crippen LogP contribution >= 0.6 is 0 Å². The molecule has 0 saturated heterocycles. The molecule has 1 N–H and O–H groups in total. The summed E-state index contributed by atoms with van der Waals surface area (Å²) >= 11 is 0. The molecule has 2 heteroatoms. The van der Waals surface area contributed by atoms with E-state index in [1.165, 1.54) is 5.56 Å². The van der Waals surface area contributed by atoms with E-state index in [0.717, 1.165) is 18.1 Å². The van der Waals surface area contributed by atoms with Crippen LogP contribution in [0.5, 0.6) is 11.5 Å². The second kappa shape index (κ2) is 22.0. The van der Waals surface area contributed by atoms with E-state index in [9.17, 15) is 0 Å². The van der Waals surface area contributed by atoms with Crippen molar-refractivity contribution in [3.8, 4) is 11.5 Å². The summed E-state index contributed by atoms with van der Waals surface area (Å²) in [4.78, 5) is 0. The van der Waals surface area contributed by atoms with Crippen LogP contribution in [-0.2, 0) is 6.42 Å². The van der Waals surface area contributed by atoms with Crippen molar-refractivity contribution in [1.29, 1.82) is 0 Å². The fourth-order valence-electron chi connectivity index (χ4n) is 1.29. The summed E-state index contributed by atoms with van der Waals surface area (Å²) in [5, 5.41) is 8.85. The molecule has 0 heterocycles. The minimum atomic E-state index is 0.340. The lowest BCUT2D eigenvalue weighted by Gasteiger charge is -1.93. The van der Waals surface area contributed by atoms with E-state index in [1.54, 1.807) is 19.2 Å². The highest BCUT2D eigenvalue weighted by Gasteiger charge is 1.86. The van der Waals surface area contributed by atoms with Crippen molar-refractivity contribution in [1.82, 2.24) is 0 Å². The SMILES string of the molecule is CC.CC.CC(C)C.CCc1ccc(O)cc1.COc1ccccc1. The molecule has 0 aliphatic heterocycles. The summed E-state index contributed by atoms with van der Waals surface area (Å²) in [7, 11) is 1.66. The minimum Gasteiger partial charge on any atom is -0.508 e. The zero-order valence-electron chi connectivity index (χ0n) is 17.8. The zero-order chi connectivity index (χ0) is 20.1. The number of para-hydroxylation sites is 1. The smallest absolute Gasteiger partial charge is 0.118 e. The first-order valence-corrected chi connectivity index (χ1v) is 9.36. The van der Waals surface area contributed by atoms with Gasteiger partial charge in [-0.25, -0.2) is 0 Å². The van der Waals surface area contributed by atoms with Crippen LogP contribution in [0.15, 0.2) is 54.6 Å². The number of methoxy groups -OCH3 is 1. The molecular formula is C23H40O2. The zero-order valence-corrected chi connectivity index (χ0v) is 17.8. The average molecular weight is 349 g/mol. The molecule has 0 aliphatic carbocycles. The van der Waals surface area contributed by atoms with Crippen molar-refractivity contribution in [3.05, 3.63) is 60.2 Å². The van der Waals surface area contributed by atoms with E-state index in [-0.39, 0.29) is 0 Å². The third-order valence-electron chi connectivity index (χ3n) is 2.32. The van der Waals surface area contributed by atoms with Gasteiger partial charge in [-0.1, -0.05) is 85.7 Å². The van der Waals surface area contributed by atoms with Gasteiger partial charge in [-0.05, 0) is 42.2 Å². The maximum absolute atomic E-state index is 8.85. The van der Waals surface area contributed by atoms with Gasteiger partial charge in [-0.3, -0.25) is 0 Å². The summed E-state index contributed by atoms with van der Waals surface area (Å²) in [6, 6.07) is 16.9. The molecule has 0 aliphatic rings. The number of phenolic OH excluding ortho intramolecular Hbond substituents is 1. The van der Waals surface area contributed by atoms with E-state index in [0.29, 0.717) is 5.75 Å². The van der Waals surface area contributed by atoms with Crippen LogP contribution in [0.3, 0.4) is 0 Å². The van der Waals surface area contributed by atoms with Crippen molar-refractivity contribution in [3.63, 3.8) is 0 Å². The Balaban J connectivity index is -0.000000278. The molecule has 2 aromatic carbocycles. The Hall–Kier alpha value is -1.96. The number of hydrogen-bond donors (Lipinski definition) is 1. The number of phenols is 1. The van der Waals surface area contributed by atoms with Crippen LogP contribution in [0.2, 0.25) is 0 Å². The van der Waals surface area contributed by atoms with Crippen molar-refractivity contribution < 1.29 is 9.84 Å². The summed E-state index contributed by atoms with van der Waals surface area (Å²) in [5.74, 6) is 2.08. The Morgan fingerprint density at radius 1 is 0.800 bits per heavy atom. The maximum Gasteiger partial charge on any atom is 0.118 e. The fraction of sp³-hybridized carbons (Fsp3) is 0.478. The molecule has 144 valence electrons. The molecule has 0 spiro atoms. The third kappa shape index (κ3) is 22.0. The second-order valence-corrected chi connectivity index (χ2v) is 5.27. The molecule has 0 radical (unpaired) electrons. The van der Waals surface area contributed by atoms with E-state index in [1.807, 2.05) is 70.2 Å². The second-order valence-electron chi connectivity index (χ2n) is 5.27. The number of aryl methyl sites for hydroxylation is 1. The topological polar surface area (TPSA) is 29.5 Å². The predicted molar refractivity (Wildman–Crippen MR) is 114 cm³/mol. The highest BCUT2D eigenvalue weighted by molar-refractivity contribution is 5.25. The van der Waals surface area contributed by atoms with Gasteiger partial charge in [0.05, 0.1) is 7.11 Å². The molecule has 0 unspecified atom stereocenters. The Kier molecular flexibility index (Phi) is 24.6. The first-order chi connectivity index (χ1) is 12.0. The lowest BCUT2D eigenvalue weighted by atomic mass is 10.2. The normalized spacial score (nSPS) is 8.08. The Morgan fingerprint density at radius 3 is 1.48 bits per heavy atom. The van der Waals surface area contributed by atoms with Crippen LogP contribution in [0, 0.1) is 5.92 Å². The number of ether oxygens (including phenoxy) is 1. The summed E-state index contributed by atoms with van der Waals surface area (Å²) in [5.41, 5.74) is 1.26. The molecule has 2 rings (SSSR count). The molecule has 2 aromatic rings. The lowest BCUT2D eigenvalue weighted by molar-refractivity contribution is 0.415. The number of rotatable bonds is 2.